The van der Waals surface area contributed by atoms with E-state index in [0.717, 1.165) is 17.7 Å². The van der Waals surface area contributed by atoms with Gasteiger partial charge >= 0.3 is 10.4 Å². The van der Waals surface area contributed by atoms with Crippen molar-refractivity contribution in [2.75, 3.05) is 31.7 Å². The highest BCUT2D eigenvalue weighted by Gasteiger charge is 2.13. The molecule has 2 aromatic carbocycles. The van der Waals surface area contributed by atoms with Crippen LogP contribution in [0.1, 0.15) is 24.5 Å². The SMILES string of the molecule is CCN(C)c1ccc(C=Cc2ccc(OS(=O)(=O)OCCCO)cc2)cc1. The largest absolute Gasteiger partial charge is 0.449 e. The Morgan fingerprint density at radius 3 is 2.07 bits per heavy atom. The number of nitrogens with zero attached hydrogens (tertiary/aromatic N) is 1. The quantitative estimate of drug-likeness (QED) is 0.495. The Morgan fingerprint density at radius 1 is 1.00 bits per heavy atom. The standard InChI is InChI=1S/C20H25NO5S/c1-3-21(2)19-11-7-17(8-12-19)5-6-18-9-13-20(14-10-18)26-27(23,24)25-16-4-15-22/h5-14,22H,3-4,15-16H2,1-2H3. The maximum absolute atomic E-state index is 11.6. The van der Waals surface area contributed by atoms with Crippen molar-refractivity contribution in [1.82, 2.24) is 0 Å². The zero-order chi connectivity index (χ0) is 19.7. The van der Waals surface area contributed by atoms with Crippen molar-refractivity contribution >= 4 is 28.2 Å². The zero-order valence-electron chi connectivity index (χ0n) is 15.5. The van der Waals surface area contributed by atoms with Crippen LogP contribution in [0, 0.1) is 0 Å². The first-order valence-electron chi connectivity index (χ1n) is 8.72. The summed E-state index contributed by atoms with van der Waals surface area (Å²) in [5.74, 6) is 0.170. The summed E-state index contributed by atoms with van der Waals surface area (Å²) in [5.41, 5.74) is 3.15. The van der Waals surface area contributed by atoms with E-state index < -0.39 is 10.4 Å². The summed E-state index contributed by atoms with van der Waals surface area (Å²) in [6.45, 7) is 2.79. The fraction of sp³-hybridized carbons (Fsp3) is 0.300. The Hall–Kier alpha value is -2.35. The highest BCUT2D eigenvalue weighted by molar-refractivity contribution is 7.82. The van der Waals surface area contributed by atoms with Crippen LogP contribution in [0.3, 0.4) is 0 Å². The molecule has 0 saturated carbocycles. The first-order chi connectivity index (χ1) is 12.9. The summed E-state index contributed by atoms with van der Waals surface area (Å²) in [5, 5.41) is 8.64. The van der Waals surface area contributed by atoms with Gasteiger partial charge in [-0.3, -0.25) is 0 Å². The number of anilines is 1. The van der Waals surface area contributed by atoms with E-state index in [4.69, 9.17) is 9.29 Å². The fourth-order valence-electron chi connectivity index (χ4n) is 2.22. The van der Waals surface area contributed by atoms with Gasteiger partial charge in [0.15, 0.2) is 0 Å². The second-order valence-electron chi connectivity index (χ2n) is 5.90. The molecular formula is C20H25NO5S. The van der Waals surface area contributed by atoms with Crippen molar-refractivity contribution in [3.63, 3.8) is 0 Å². The van der Waals surface area contributed by atoms with E-state index >= 15 is 0 Å². The second kappa shape index (κ2) is 10.1. The van der Waals surface area contributed by atoms with Crippen LogP contribution in [0.25, 0.3) is 12.2 Å². The predicted molar refractivity (Wildman–Crippen MR) is 108 cm³/mol. The molecule has 0 aliphatic carbocycles. The van der Waals surface area contributed by atoms with Gasteiger partial charge < -0.3 is 14.2 Å². The van der Waals surface area contributed by atoms with Crippen LogP contribution in [0.15, 0.2) is 48.5 Å². The molecule has 0 fully saturated rings. The van der Waals surface area contributed by atoms with E-state index in [-0.39, 0.29) is 25.4 Å². The molecule has 0 amide bonds. The van der Waals surface area contributed by atoms with Crippen molar-refractivity contribution in [3.8, 4) is 5.75 Å². The van der Waals surface area contributed by atoms with Crippen LogP contribution in [-0.4, -0.2) is 40.3 Å². The third-order valence-corrected chi connectivity index (χ3v) is 4.74. The maximum Gasteiger partial charge on any atom is 0.449 e. The van der Waals surface area contributed by atoms with Gasteiger partial charge in [0.1, 0.15) is 5.75 Å². The molecule has 0 heterocycles. The van der Waals surface area contributed by atoms with E-state index in [0.29, 0.717) is 0 Å². The molecule has 0 aliphatic rings. The maximum atomic E-state index is 11.6. The Balaban J connectivity index is 1.96. The lowest BCUT2D eigenvalue weighted by Crippen LogP contribution is -2.15. The number of hydrogen-bond donors (Lipinski definition) is 1. The van der Waals surface area contributed by atoms with E-state index in [1.807, 2.05) is 31.3 Å². The van der Waals surface area contributed by atoms with Crippen molar-refractivity contribution in [2.24, 2.45) is 0 Å². The van der Waals surface area contributed by atoms with E-state index in [1.54, 1.807) is 24.3 Å². The Bertz CT molecular complexity index is 830. The molecular weight excluding hydrogens is 366 g/mol. The monoisotopic (exact) mass is 391 g/mol. The zero-order valence-corrected chi connectivity index (χ0v) is 16.4. The van der Waals surface area contributed by atoms with Gasteiger partial charge in [0.25, 0.3) is 0 Å². The highest BCUT2D eigenvalue weighted by atomic mass is 32.3. The minimum absolute atomic E-state index is 0.119. The van der Waals surface area contributed by atoms with Gasteiger partial charge in [-0.15, -0.1) is 0 Å². The van der Waals surface area contributed by atoms with Gasteiger partial charge in [-0.25, -0.2) is 4.18 Å². The third-order valence-electron chi connectivity index (χ3n) is 3.88. The highest BCUT2D eigenvalue weighted by Crippen LogP contribution is 2.18. The van der Waals surface area contributed by atoms with Crippen molar-refractivity contribution in [1.29, 1.82) is 0 Å². The fourth-order valence-corrected chi connectivity index (χ4v) is 2.93. The number of aliphatic hydroxyl groups excluding tert-OH is 1. The molecule has 27 heavy (non-hydrogen) atoms. The molecule has 1 N–H and O–H groups in total. The average Bonchev–Trinajstić information content (AvgIpc) is 2.67. The molecule has 6 nitrogen and oxygen atoms in total. The number of aliphatic hydroxyl groups is 1. The lowest BCUT2D eigenvalue weighted by Gasteiger charge is -2.16. The van der Waals surface area contributed by atoms with Gasteiger partial charge in [0.05, 0.1) is 6.61 Å². The summed E-state index contributed by atoms with van der Waals surface area (Å²) >= 11 is 0. The van der Waals surface area contributed by atoms with Gasteiger partial charge in [0, 0.05) is 25.9 Å². The van der Waals surface area contributed by atoms with Crippen LogP contribution >= 0.6 is 0 Å². The molecule has 2 rings (SSSR count). The van der Waals surface area contributed by atoms with Crippen LogP contribution in [-0.2, 0) is 14.6 Å². The van der Waals surface area contributed by atoms with Crippen molar-refractivity contribution < 1.29 is 21.9 Å². The minimum atomic E-state index is -4.12. The molecule has 0 saturated heterocycles. The summed E-state index contributed by atoms with van der Waals surface area (Å²) in [6.07, 6.45) is 4.15. The minimum Gasteiger partial charge on any atom is -0.396 e. The topological polar surface area (TPSA) is 76.1 Å². The van der Waals surface area contributed by atoms with Crippen LogP contribution in [0.2, 0.25) is 0 Å². The van der Waals surface area contributed by atoms with Gasteiger partial charge in [-0.05, 0) is 48.7 Å². The van der Waals surface area contributed by atoms with E-state index in [9.17, 15) is 8.42 Å². The molecule has 0 spiro atoms. The molecule has 0 atom stereocenters. The van der Waals surface area contributed by atoms with Crippen molar-refractivity contribution in [2.45, 2.75) is 13.3 Å². The number of hydrogen-bond acceptors (Lipinski definition) is 6. The molecule has 7 heteroatoms. The van der Waals surface area contributed by atoms with Crippen LogP contribution in [0.4, 0.5) is 5.69 Å². The summed E-state index contributed by atoms with van der Waals surface area (Å²) < 4.78 is 32.7. The lowest BCUT2D eigenvalue weighted by molar-refractivity contribution is 0.221. The van der Waals surface area contributed by atoms with Gasteiger partial charge in [0.2, 0.25) is 0 Å². The molecule has 0 bridgehead atoms. The normalized spacial score (nSPS) is 11.7. The van der Waals surface area contributed by atoms with Crippen LogP contribution in [0.5, 0.6) is 5.75 Å². The van der Waals surface area contributed by atoms with E-state index in [2.05, 4.69) is 28.1 Å². The first-order valence-corrected chi connectivity index (χ1v) is 10.1. The molecule has 146 valence electrons. The van der Waals surface area contributed by atoms with Crippen LogP contribution < -0.4 is 9.08 Å². The summed E-state index contributed by atoms with van der Waals surface area (Å²) in [4.78, 5) is 2.16. The lowest BCUT2D eigenvalue weighted by atomic mass is 10.1. The number of rotatable bonds is 10. The molecule has 0 radical (unpaired) electrons. The van der Waals surface area contributed by atoms with E-state index in [1.165, 1.54) is 5.69 Å². The average molecular weight is 391 g/mol. The smallest absolute Gasteiger partial charge is 0.396 e. The van der Waals surface area contributed by atoms with Gasteiger partial charge in [-0.1, -0.05) is 36.4 Å². The molecule has 0 aliphatic heterocycles. The Kier molecular flexibility index (Phi) is 7.84. The molecule has 0 unspecified atom stereocenters. The number of benzene rings is 2. The summed E-state index contributed by atoms with van der Waals surface area (Å²) in [7, 11) is -2.07. The van der Waals surface area contributed by atoms with Gasteiger partial charge in [-0.2, -0.15) is 8.42 Å². The Morgan fingerprint density at radius 2 is 1.56 bits per heavy atom. The molecule has 0 aromatic heterocycles. The second-order valence-corrected chi connectivity index (χ2v) is 7.12. The first kappa shape index (κ1) is 21.0. The molecule has 2 aromatic rings. The predicted octanol–water partition coefficient (Wildman–Crippen LogP) is 3.34. The van der Waals surface area contributed by atoms with Crippen molar-refractivity contribution in [3.05, 3.63) is 59.7 Å². The third kappa shape index (κ3) is 7.05. The summed E-state index contributed by atoms with van der Waals surface area (Å²) in [6, 6.07) is 14.9. The Labute approximate surface area is 161 Å².